The number of benzene rings is 1. The van der Waals surface area contributed by atoms with Crippen molar-refractivity contribution in [3.8, 4) is 5.75 Å². The number of amidine groups is 1. The van der Waals surface area contributed by atoms with Crippen LogP contribution in [0.3, 0.4) is 0 Å². The number of thioether (sulfide) groups is 1. The lowest BCUT2D eigenvalue weighted by Crippen LogP contribution is -2.48. The Morgan fingerprint density at radius 2 is 2.09 bits per heavy atom. The van der Waals surface area contributed by atoms with Crippen LogP contribution in [0.25, 0.3) is 6.08 Å². The van der Waals surface area contributed by atoms with Crippen molar-refractivity contribution >= 4 is 35.1 Å². The Morgan fingerprint density at radius 1 is 1.34 bits per heavy atom. The molecule has 3 rings (SSSR count). The fourth-order valence-corrected chi connectivity index (χ4v) is 4.39. The van der Waals surface area contributed by atoms with E-state index >= 15 is 0 Å². The SMILES string of the molecule is CC(C)[C@H](NC(=O)Oc1cc(F)ccc1/C=C1/SC(N2CCCCN2)=NC1O)C(=O)OC(C)(C)C. The fraction of sp³-hybridized carbons (Fsp3) is 0.542. The number of hydrogen-bond donors (Lipinski definition) is 3. The average Bonchev–Trinajstić information content (AvgIpc) is 3.13. The quantitative estimate of drug-likeness (QED) is 0.517. The van der Waals surface area contributed by atoms with Crippen LogP contribution in [0.4, 0.5) is 9.18 Å². The van der Waals surface area contributed by atoms with E-state index in [9.17, 15) is 19.1 Å². The second-order valence-corrected chi connectivity index (χ2v) is 10.7. The molecule has 0 aliphatic carbocycles. The first kappa shape index (κ1) is 27.0. The van der Waals surface area contributed by atoms with E-state index < -0.39 is 35.8 Å². The number of aliphatic hydroxyl groups is 1. The van der Waals surface area contributed by atoms with Gasteiger partial charge in [-0.1, -0.05) is 25.6 Å². The van der Waals surface area contributed by atoms with Crippen molar-refractivity contribution in [3.63, 3.8) is 0 Å². The molecule has 192 valence electrons. The molecule has 1 saturated heterocycles. The molecule has 1 amide bonds. The first-order valence-electron chi connectivity index (χ1n) is 11.6. The van der Waals surface area contributed by atoms with Gasteiger partial charge in [0, 0.05) is 29.6 Å². The van der Waals surface area contributed by atoms with Gasteiger partial charge in [-0.05, 0) is 57.7 Å². The van der Waals surface area contributed by atoms with Gasteiger partial charge in [0.2, 0.25) is 0 Å². The summed E-state index contributed by atoms with van der Waals surface area (Å²) in [5, 5.41) is 15.5. The Balaban J connectivity index is 1.74. The number of nitrogens with one attached hydrogen (secondary N) is 2. The number of aliphatic imine (C=N–C) groups is 1. The second kappa shape index (κ2) is 11.4. The van der Waals surface area contributed by atoms with Gasteiger partial charge in [0.25, 0.3) is 0 Å². The Bertz CT molecular complexity index is 1000. The molecular weight excluding hydrogens is 475 g/mol. The standard InChI is InChI=1S/C24H33FN4O5S/c1-14(2)19(21(31)34-24(3,4)5)27-23(32)33-17-13-16(25)9-8-15(17)12-18-20(30)28-22(35-18)29-11-7-6-10-26-29/h8-9,12-14,19-20,26,30H,6-7,10-11H2,1-5H3,(H,27,32)/b18-12+/t19-,20?/m0/s1. The zero-order valence-electron chi connectivity index (χ0n) is 20.6. The Kier molecular flexibility index (Phi) is 8.79. The normalized spacial score (nSPS) is 20.6. The Labute approximate surface area is 209 Å². The number of rotatable bonds is 5. The number of carbonyl (C=O) groups excluding carboxylic acids is 2. The van der Waals surface area contributed by atoms with Crippen LogP contribution >= 0.6 is 11.8 Å². The molecule has 2 aliphatic rings. The molecule has 0 aromatic heterocycles. The average molecular weight is 509 g/mol. The van der Waals surface area contributed by atoms with Gasteiger partial charge in [-0.25, -0.2) is 24.4 Å². The maximum Gasteiger partial charge on any atom is 0.413 e. The molecule has 0 radical (unpaired) electrons. The molecule has 2 atom stereocenters. The summed E-state index contributed by atoms with van der Waals surface area (Å²) < 4.78 is 24.8. The molecule has 0 spiro atoms. The molecule has 3 N–H and O–H groups in total. The van der Waals surface area contributed by atoms with Crippen molar-refractivity contribution < 1.29 is 28.6 Å². The Morgan fingerprint density at radius 3 is 2.71 bits per heavy atom. The molecule has 11 heteroatoms. The maximum absolute atomic E-state index is 14.0. The summed E-state index contributed by atoms with van der Waals surface area (Å²) in [4.78, 5) is 30.0. The minimum Gasteiger partial charge on any atom is -0.458 e. The first-order chi connectivity index (χ1) is 16.4. The van der Waals surface area contributed by atoms with Gasteiger partial charge in [-0.3, -0.25) is 5.01 Å². The number of nitrogens with zero attached hydrogens (tertiary/aromatic N) is 2. The predicted molar refractivity (Wildman–Crippen MR) is 133 cm³/mol. The molecule has 1 fully saturated rings. The molecule has 1 aromatic rings. The van der Waals surface area contributed by atoms with Crippen LogP contribution in [0.1, 0.15) is 53.0 Å². The van der Waals surface area contributed by atoms with Crippen molar-refractivity contribution in [2.24, 2.45) is 10.9 Å². The molecule has 2 aliphatic heterocycles. The van der Waals surface area contributed by atoms with E-state index in [0.717, 1.165) is 32.0 Å². The minimum atomic E-state index is -1.08. The van der Waals surface area contributed by atoms with Crippen molar-refractivity contribution in [3.05, 3.63) is 34.5 Å². The summed E-state index contributed by atoms with van der Waals surface area (Å²) in [5.41, 5.74) is 2.90. The maximum atomic E-state index is 14.0. The zero-order valence-corrected chi connectivity index (χ0v) is 21.4. The summed E-state index contributed by atoms with van der Waals surface area (Å²) in [6.45, 7) is 10.4. The van der Waals surface area contributed by atoms with E-state index in [1.807, 2.05) is 5.01 Å². The highest BCUT2D eigenvalue weighted by Gasteiger charge is 2.31. The van der Waals surface area contributed by atoms with Crippen LogP contribution in [0.15, 0.2) is 28.1 Å². The van der Waals surface area contributed by atoms with Crippen LogP contribution in [0, 0.1) is 11.7 Å². The summed E-state index contributed by atoms with van der Waals surface area (Å²) in [5.74, 6) is -1.52. The first-order valence-corrected chi connectivity index (χ1v) is 12.4. The number of hydrogen-bond acceptors (Lipinski definition) is 9. The number of halogens is 1. The second-order valence-electron chi connectivity index (χ2n) is 9.67. The number of amides is 1. The highest BCUT2D eigenvalue weighted by atomic mass is 32.2. The minimum absolute atomic E-state index is 0.0564. The third kappa shape index (κ3) is 7.68. The number of aliphatic hydroxyl groups excluding tert-OH is 1. The van der Waals surface area contributed by atoms with Crippen LogP contribution in [-0.4, -0.2) is 58.3 Å². The topological polar surface area (TPSA) is 112 Å². The number of hydrazine groups is 1. The van der Waals surface area contributed by atoms with Gasteiger partial charge < -0.3 is 19.9 Å². The summed E-state index contributed by atoms with van der Waals surface area (Å²) in [6, 6.07) is 2.80. The van der Waals surface area contributed by atoms with Gasteiger partial charge in [-0.2, -0.15) is 0 Å². The van der Waals surface area contributed by atoms with Crippen LogP contribution in [0.5, 0.6) is 5.75 Å². The third-order valence-electron chi connectivity index (χ3n) is 5.12. The van der Waals surface area contributed by atoms with Gasteiger partial charge in [-0.15, -0.1) is 0 Å². The monoisotopic (exact) mass is 508 g/mol. The molecule has 1 unspecified atom stereocenters. The van der Waals surface area contributed by atoms with Gasteiger partial charge in [0.05, 0.1) is 0 Å². The predicted octanol–water partition coefficient (Wildman–Crippen LogP) is 3.64. The van der Waals surface area contributed by atoms with E-state index in [0.29, 0.717) is 15.6 Å². The van der Waals surface area contributed by atoms with Gasteiger partial charge in [0.1, 0.15) is 23.2 Å². The van der Waals surface area contributed by atoms with Crippen molar-refractivity contribution in [2.45, 2.75) is 65.3 Å². The smallest absolute Gasteiger partial charge is 0.413 e. The van der Waals surface area contributed by atoms with Crippen LogP contribution in [0.2, 0.25) is 0 Å². The molecule has 35 heavy (non-hydrogen) atoms. The van der Waals surface area contributed by atoms with E-state index in [1.54, 1.807) is 40.7 Å². The van der Waals surface area contributed by atoms with Crippen molar-refractivity contribution in [2.75, 3.05) is 13.1 Å². The third-order valence-corrected chi connectivity index (χ3v) is 6.19. The molecule has 0 bridgehead atoms. The highest BCUT2D eigenvalue weighted by Crippen LogP contribution is 2.35. The largest absolute Gasteiger partial charge is 0.458 e. The number of carbonyl (C=O) groups is 2. The molecular formula is C24H33FN4O5S. The molecule has 9 nitrogen and oxygen atoms in total. The molecule has 2 heterocycles. The van der Waals surface area contributed by atoms with Gasteiger partial charge >= 0.3 is 12.1 Å². The van der Waals surface area contributed by atoms with Crippen molar-refractivity contribution in [1.29, 1.82) is 0 Å². The molecule has 0 saturated carbocycles. The van der Waals surface area contributed by atoms with E-state index in [-0.39, 0.29) is 11.7 Å². The van der Waals surface area contributed by atoms with E-state index in [4.69, 9.17) is 9.47 Å². The number of esters is 1. The zero-order chi connectivity index (χ0) is 25.8. The van der Waals surface area contributed by atoms with Crippen molar-refractivity contribution in [1.82, 2.24) is 15.8 Å². The Hall–Kier alpha value is -2.63. The summed E-state index contributed by atoms with van der Waals surface area (Å²) in [7, 11) is 0. The lowest BCUT2D eigenvalue weighted by atomic mass is 10.0. The highest BCUT2D eigenvalue weighted by molar-refractivity contribution is 8.17. The van der Waals surface area contributed by atoms with Crippen LogP contribution < -0.4 is 15.5 Å². The number of ether oxygens (including phenoxy) is 2. The van der Waals surface area contributed by atoms with Gasteiger partial charge in [0.15, 0.2) is 11.4 Å². The van der Waals surface area contributed by atoms with Crippen LogP contribution in [-0.2, 0) is 9.53 Å². The summed E-state index contributed by atoms with van der Waals surface area (Å²) in [6.07, 6.45) is 1.69. The fourth-order valence-electron chi connectivity index (χ4n) is 3.42. The molecule has 1 aromatic carbocycles. The lowest BCUT2D eigenvalue weighted by molar-refractivity contribution is -0.158. The summed E-state index contributed by atoms with van der Waals surface area (Å²) >= 11 is 1.29. The van der Waals surface area contributed by atoms with E-state index in [1.165, 1.54) is 23.9 Å². The van der Waals surface area contributed by atoms with E-state index in [2.05, 4.69) is 15.7 Å². The lowest BCUT2D eigenvalue weighted by Gasteiger charge is -2.28.